The monoisotopic (exact) mass is 377 g/mol. The Balaban J connectivity index is 1.42. The fourth-order valence-corrected chi connectivity index (χ4v) is 2.70. The van der Waals surface area contributed by atoms with E-state index < -0.39 is 12.2 Å². The highest BCUT2D eigenvalue weighted by atomic mass is 19.3. The first kappa shape index (κ1) is 16.9. The number of aromatic nitrogens is 4. The normalized spacial score (nSPS) is 14.5. The minimum absolute atomic E-state index is 0.0159. The first-order chi connectivity index (χ1) is 12.8. The Kier molecular flexibility index (Phi) is 3.79. The van der Waals surface area contributed by atoms with E-state index in [1.54, 1.807) is 7.05 Å². The number of ether oxygens (including phenoxy) is 2. The topological polar surface area (TPSA) is 100 Å². The van der Waals surface area contributed by atoms with Crippen molar-refractivity contribution in [2.24, 2.45) is 7.05 Å². The fraction of sp³-hybridized carbons (Fsp3) is 0.250. The van der Waals surface area contributed by atoms with Crippen LogP contribution in [0.4, 0.5) is 14.5 Å². The highest BCUT2D eigenvalue weighted by molar-refractivity contribution is 5.91. The molecule has 0 saturated carbocycles. The van der Waals surface area contributed by atoms with Gasteiger partial charge in [0.1, 0.15) is 5.39 Å². The molecular weight excluding hydrogens is 364 g/mol. The van der Waals surface area contributed by atoms with Crippen molar-refractivity contribution in [3.63, 3.8) is 0 Å². The first-order valence-electron chi connectivity index (χ1n) is 7.89. The number of anilines is 1. The van der Waals surface area contributed by atoms with Crippen LogP contribution in [0.1, 0.15) is 6.42 Å². The van der Waals surface area contributed by atoms with Crippen molar-refractivity contribution < 1.29 is 23.0 Å². The Labute approximate surface area is 150 Å². The summed E-state index contributed by atoms with van der Waals surface area (Å²) in [5, 5.41) is 6.89. The van der Waals surface area contributed by atoms with Gasteiger partial charge in [0.25, 0.3) is 5.56 Å². The number of fused-ring (bicyclic) bond motifs is 2. The molecule has 0 bridgehead atoms. The summed E-state index contributed by atoms with van der Waals surface area (Å²) >= 11 is 0. The van der Waals surface area contributed by atoms with Gasteiger partial charge in [-0.3, -0.25) is 18.8 Å². The van der Waals surface area contributed by atoms with Crippen LogP contribution >= 0.6 is 0 Å². The number of hydrogen-bond acceptors (Lipinski definition) is 6. The van der Waals surface area contributed by atoms with Gasteiger partial charge in [-0.05, 0) is 12.1 Å². The predicted octanol–water partition coefficient (Wildman–Crippen LogP) is 1.48. The van der Waals surface area contributed by atoms with Crippen LogP contribution in [-0.2, 0) is 18.4 Å². The molecule has 0 atom stereocenters. The molecule has 1 aromatic carbocycles. The summed E-state index contributed by atoms with van der Waals surface area (Å²) in [6.45, 7) is 0.102. The molecule has 140 valence electrons. The van der Waals surface area contributed by atoms with E-state index in [0.29, 0.717) is 11.0 Å². The van der Waals surface area contributed by atoms with Gasteiger partial charge in [0.05, 0.1) is 12.5 Å². The summed E-state index contributed by atoms with van der Waals surface area (Å²) in [5.41, 5.74) is 0.428. The fourth-order valence-electron chi connectivity index (χ4n) is 2.70. The van der Waals surface area contributed by atoms with Crippen LogP contribution in [0, 0.1) is 0 Å². The van der Waals surface area contributed by atoms with Gasteiger partial charge in [-0.2, -0.15) is 5.10 Å². The molecule has 0 aliphatic carbocycles. The smallest absolute Gasteiger partial charge is 0.395 e. The van der Waals surface area contributed by atoms with Gasteiger partial charge < -0.3 is 14.8 Å². The van der Waals surface area contributed by atoms with E-state index in [0.717, 1.165) is 0 Å². The van der Waals surface area contributed by atoms with Crippen LogP contribution in [0.25, 0.3) is 11.0 Å². The van der Waals surface area contributed by atoms with Crippen LogP contribution in [0.3, 0.4) is 0 Å². The number of carbonyl (C=O) groups is 1. The summed E-state index contributed by atoms with van der Waals surface area (Å²) in [7, 11) is 1.67. The van der Waals surface area contributed by atoms with Gasteiger partial charge in [0.2, 0.25) is 5.91 Å². The maximum atomic E-state index is 13.0. The summed E-state index contributed by atoms with van der Waals surface area (Å²) in [4.78, 5) is 28.6. The third kappa shape index (κ3) is 3.18. The zero-order valence-corrected chi connectivity index (χ0v) is 14.0. The van der Waals surface area contributed by atoms with E-state index in [9.17, 15) is 18.4 Å². The van der Waals surface area contributed by atoms with E-state index in [2.05, 4.69) is 24.9 Å². The summed E-state index contributed by atoms with van der Waals surface area (Å²) in [6.07, 6.45) is -0.964. The van der Waals surface area contributed by atoms with Gasteiger partial charge in [0.15, 0.2) is 17.1 Å². The average molecular weight is 377 g/mol. The van der Waals surface area contributed by atoms with Crippen molar-refractivity contribution in [2.45, 2.75) is 19.3 Å². The standard InChI is InChI=1S/C16H13F2N5O4/c1-22-14-10(7-20-22)15(25)23(8-19-14)5-4-13(24)21-9-2-3-11-12(6-9)27-16(17,18)26-11/h2-3,6-8H,4-5H2,1H3,(H,21,24). The third-order valence-electron chi connectivity index (χ3n) is 3.98. The molecule has 0 saturated heterocycles. The van der Waals surface area contributed by atoms with Crippen LogP contribution in [0.5, 0.6) is 11.5 Å². The lowest BCUT2D eigenvalue weighted by atomic mass is 10.2. The number of rotatable bonds is 4. The second-order valence-electron chi connectivity index (χ2n) is 5.88. The quantitative estimate of drug-likeness (QED) is 0.739. The molecule has 4 rings (SSSR count). The summed E-state index contributed by atoms with van der Waals surface area (Å²) in [5.74, 6) is -0.681. The number of aryl methyl sites for hydroxylation is 2. The molecule has 1 N–H and O–H groups in total. The molecule has 11 heteroatoms. The largest absolute Gasteiger partial charge is 0.586 e. The number of hydrogen-bond donors (Lipinski definition) is 1. The molecular formula is C16H13F2N5O4. The minimum atomic E-state index is -3.72. The predicted molar refractivity (Wildman–Crippen MR) is 88.7 cm³/mol. The Bertz CT molecular complexity index is 1110. The van der Waals surface area contributed by atoms with Crippen LogP contribution < -0.4 is 20.3 Å². The lowest BCUT2D eigenvalue weighted by Crippen LogP contribution is -2.25. The van der Waals surface area contributed by atoms with E-state index in [-0.39, 0.29) is 35.7 Å². The second kappa shape index (κ2) is 6.04. The average Bonchev–Trinajstić information content (AvgIpc) is 3.12. The number of nitrogens with zero attached hydrogens (tertiary/aromatic N) is 4. The lowest BCUT2D eigenvalue weighted by molar-refractivity contribution is -0.286. The Morgan fingerprint density at radius 1 is 1.30 bits per heavy atom. The van der Waals surface area contributed by atoms with E-state index in [1.165, 1.54) is 40.0 Å². The molecule has 0 radical (unpaired) electrons. The van der Waals surface area contributed by atoms with Crippen molar-refractivity contribution in [3.8, 4) is 11.5 Å². The molecule has 2 aromatic heterocycles. The van der Waals surface area contributed by atoms with Gasteiger partial charge >= 0.3 is 6.29 Å². The SMILES string of the molecule is Cn1ncc2c(=O)n(CCC(=O)Nc3ccc4c(c3)OC(F)(F)O4)cnc21. The van der Waals surface area contributed by atoms with Gasteiger partial charge in [-0.1, -0.05) is 0 Å². The van der Waals surface area contributed by atoms with Crippen molar-refractivity contribution in [1.82, 2.24) is 19.3 Å². The zero-order chi connectivity index (χ0) is 19.2. The number of benzene rings is 1. The van der Waals surface area contributed by atoms with Crippen LogP contribution in [0.2, 0.25) is 0 Å². The third-order valence-corrected chi connectivity index (χ3v) is 3.98. The summed E-state index contributed by atoms with van der Waals surface area (Å²) in [6, 6.07) is 3.93. The van der Waals surface area contributed by atoms with Gasteiger partial charge in [-0.15, -0.1) is 8.78 Å². The molecule has 3 heterocycles. The van der Waals surface area contributed by atoms with E-state index >= 15 is 0 Å². The number of alkyl halides is 2. The Morgan fingerprint density at radius 2 is 2.07 bits per heavy atom. The van der Waals surface area contributed by atoms with Crippen LogP contribution in [-0.4, -0.2) is 31.5 Å². The number of amides is 1. The Hall–Kier alpha value is -3.50. The highest BCUT2D eigenvalue weighted by Crippen LogP contribution is 2.42. The van der Waals surface area contributed by atoms with E-state index in [4.69, 9.17) is 0 Å². The maximum Gasteiger partial charge on any atom is 0.586 e. The minimum Gasteiger partial charge on any atom is -0.395 e. The highest BCUT2D eigenvalue weighted by Gasteiger charge is 2.43. The van der Waals surface area contributed by atoms with Crippen molar-refractivity contribution in [3.05, 3.63) is 41.1 Å². The molecule has 0 fully saturated rings. The number of nitrogens with one attached hydrogen (secondary N) is 1. The summed E-state index contributed by atoms with van der Waals surface area (Å²) < 4.78 is 37.4. The molecule has 9 nitrogen and oxygen atoms in total. The zero-order valence-electron chi connectivity index (χ0n) is 14.0. The van der Waals surface area contributed by atoms with Gasteiger partial charge in [0, 0.05) is 31.8 Å². The van der Waals surface area contributed by atoms with Gasteiger partial charge in [-0.25, -0.2) is 4.98 Å². The number of halogens is 2. The maximum absolute atomic E-state index is 13.0. The first-order valence-corrected chi connectivity index (χ1v) is 7.89. The van der Waals surface area contributed by atoms with Crippen molar-refractivity contribution in [1.29, 1.82) is 0 Å². The van der Waals surface area contributed by atoms with Crippen molar-refractivity contribution in [2.75, 3.05) is 5.32 Å². The van der Waals surface area contributed by atoms with E-state index in [1.807, 2.05) is 0 Å². The molecule has 1 amide bonds. The van der Waals surface area contributed by atoms with Crippen molar-refractivity contribution >= 4 is 22.6 Å². The molecule has 0 spiro atoms. The number of carbonyl (C=O) groups excluding carboxylic acids is 1. The lowest BCUT2D eigenvalue weighted by Gasteiger charge is -2.07. The molecule has 0 unspecified atom stereocenters. The van der Waals surface area contributed by atoms with Crippen LogP contribution in [0.15, 0.2) is 35.5 Å². The molecule has 3 aromatic rings. The molecule has 1 aliphatic rings. The Morgan fingerprint density at radius 3 is 2.89 bits per heavy atom. The molecule has 1 aliphatic heterocycles. The second-order valence-corrected chi connectivity index (χ2v) is 5.88. The molecule has 27 heavy (non-hydrogen) atoms.